The third kappa shape index (κ3) is 15.4. The van der Waals surface area contributed by atoms with Crippen molar-refractivity contribution in [3.8, 4) is 23.0 Å². The summed E-state index contributed by atoms with van der Waals surface area (Å²) in [6.07, 6.45) is 5.20. The molecule has 272 valence electrons. The van der Waals surface area contributed by atoms with E-state index >= 15 is 0 Å². The molecule has 0 radical (unpaired) electrons. The van der Waals surface area contributed by atoms with Crippen LogP contribution in [0.2, 0.25) is 0 Å². The highest BCUT2D eigenvalue weighted by Gasteiger charge is 2.14. The summed E-state index contributed by atoms with van der Waals surface area (Å²) in [5.74, 6) is 2.30. The molecule has 0 saturated heterocycles. The first-order valence-electron chi connectivity index (χ1n) is 17.5. The Balaban J connectivity index is 1.16. The number of hydrogen-bond donors (Lipinski definition) is 0. The minimum absolute atomic E-state index is 0.0616. The predicted molar refractivity (Wildman–Crippen MR) is 181 cm³/mol. The number of unbranched alkanes of at least 4 members (excludes halogenated alkanes) is 4. The van der Waals surface area contributed by atoms with Crippen LogP contribution in [0.25, 0.3) is 0 Å². The number of hydrogen-bond acceptors (Lipinski definition) is 12. The van der Waals surface area contributed by atoms with Crippen LogP contribution >= 0.6 is 0 Å². The van der Waals surface area contributed by atoms with Crippen LogP contribution in [0.1, 0.15) is 65.7 Å². The van der Waals surface area contributed by atoms with E-state index in [4.69, 9.17) is 47.4 Å². The summed E-state index contributed by atoms with van der Waals surface area (Å²) in [5.41, 5.74) is 1.19. The minimum Gasteiger partial charge on any atom is -0.487 e. The van der Waals surface area contributed by atoms with Gasteiger partial charge in [-0.3, -0.25) is 9.59 Å². The molecule has 0 N–H and O–H groups in total. The summed E-state index contributed by atoms with van der Waals surface area (Å²) in [7, 11) is 0. The van der Waals surface area contributed by atoms with E-state index in [1.54, 1.807) is 36.4 Å². The maximum atomic E-state index is 13.0. The number of ether oxygens (including phenoxy) is 10. The van der Waals surface area contributed by atoms with Gasteiger partial charge in [0.2, 0.25) is 0 Å². The number of ketones is 2. The molecule has 2 aliphatic rings. The molecule has 0 unspecified atom stereocenters. The summed E-state index contributed by atoms with van der Waals surface area (Å²) in [6.45, 7) is 7.03. The number of carbonyl (C=O) groups is 2. The van der Waals surface area contributed by atoms with Gasteiger partial charge in [-0.15, -0.1) is 0 Å². The number of benzene rings is 2. The van der Waals surface area contributed by atoms with Crippen molar-refractivity contribution < 1.29 is 57.0 Å². The van der Waals surface area contributed by atoms with Crippen LogP contribution in [0.15, 0.2) is 36.4 Å². The second kappa shape index (κ2) is 24.0. The topological polar surface area (TPSA) is 126 Å². The van der Waals surface area contributed by atoms with Crippen molar-refractivity contribution in [2.45, 2.75) is 44.9 Å². The van der Waals surface area contributed by atoms with Crippen molar-refractivity contribution in [2.75, 3.05) is 106 Å². The molecule has 0 bridgehead atoms. The molecule has 0 aromatic heterocycles. The van der Waals surface area contributed by atoms with E-state index in [2.05, 4.69) is 0 Å². The van der Waals surface area contributed by atoms with Gasteiger partial charge in [0.25, 0.3) is 0 Å². The van der Waals surface area contributed by atoms with Gasteiger partial charge in [0.15, 0.2) is 34.6 Å². The first-order valence-corrected chi connectivity index (χ1v) is 17.5. The molecule has 4 rings (SSSR count). The largest absolute Gasteiger partial charge is 0.487 e. The monoisotopic (exact) mass is 688 g/mol. The molecule has 49 heavy (non-hydrogen) atoms. The number of Topliss-reactive ketones (excluding diaryl/α,β-unsaturated/α-hetero) is 2. The summed E-state index contributed by atoms with van der Waals surface area (Å²) >= 11 is 0. The number of fused-ring (bicyclic) bond motifs is 2. The summed E-state index contributed by atoms with van der Waals surface area (Å²) in [5, 5.41) is 0. The van der Waals surface area contributed by atoms with Gasteiger partial charge in [-0.05, 0) is 49.2 Å². The Morgan fingerprint density at radius 1 is 0.367 bits per heavy atom. The van der Waals surface area contributed by atoms with Crippen LogP contribution in [0.4, 0.5) is 0 Å². The molecule has 0 fully saturated rings. The highest BCUT2D eigenvalue weighted by molar-refractivity contribution is 5.97. The first-order chi connectivity index (χ1) is 24.2. The number of rotatable bonds is 10. The van der Waals surface area contributed by atoms with Gasteiger partial charge >= 0.3 is 0 Å². The lowest BCUT2D eigenvalue weighted by atomic mass is 10.0. The standard InChI is InChI=1S/C37H52O12/c38-32(30-8-10-34-36(28-30)48-26-22-44-18-14-40-12-16-42-20-24-46-34)6-4-2-1-3-5-7-33(39)31-9-11-35-37(29-31)49-27-23-45-19-15-41-13-17-43-21-25-47-35/h8-11,28-29H,1-7,12-27H2. The lowest BCUT2D eigenvalue weighted by Crippen LogP contribution is -2.13. The van der Waals surface area contributed by atoms with Crippen LogP contribution in [0.5, 0.6) is 23.0 Å². The van der Waals surface area contributed by atoms with Gasteiger partial charge in [0.05, 0.1) is 79.3 Å². The molecule has 2 aromatic carbocycles. The Bertz CT molecular complexity index is 1140. The highest BCUT2D eigenvalue weighted by Crippen LogP contribution is 2.31. The van der Waals surface area contributed by atoms with E-state index in [0.717, 1.165) is 32.1 Å². The molecule has 0 amide bonds. The smallest absolute Gasteiger partial charge is 0.163 e. The highest BCUT2D eigenvalue weighted by atomic mass is 16.6. The Labute approximate surface area is 289 Å². The normalized spacial score (nSPS) is 17.8. The lowest BCUT2D eigenvalue weighted by molar-refractivity contribution is 0.00708. The van der Waals surface area contributed by atoms with Gasteiger partial charge in [0, 0.05) is 24.0 Å². The van der Waals surface area contributed by atoms with Gasteiger partial charge in [-0.1, -0.05) is 19.3 Å². The summed E-state index contributed by atoms with van der Waals surface area (Å²) < 4.78 is 56.5. The van der Waals surface area contributed by atoms with Crippen LogP contribution in [0, 0.1) is 0 Å². The van der Waals surface area contributed by atoms with Crippen molar-refractivity contribution in [1.82, 2.24) is 0 Å². The molecule has 2 heterocycles. The zero-order chi connectivity index (χ0) is 34.2. The van der Waals surface area contributed by atoms with Gasteiger partial charge in [-0.25, -0.2) is 0 Å². The molecule has 2 aliphatic heterocycles. The van der Waals surface area contributed by atoms with Crippen molar-refractivity contribution in [1.29, 1.82) is 0 Å². The second-order valence-corrected chi connectivity index (χ2v) is 11.5. The maximum Gasteiger partial charge on any atom is 0.163 e. The zero-order valence-electron chi connectivity index (χ0n) is 28.6. The Hall–Kier alpha value is -3.26. The van der Waals surface area contributed by atoms with Crippen LogP contribution in [-0.4, -0.2) is 117 Å². The van der Waals surface area contributed by atoms with Crippen LogP contribution in [0.3, 0.4) is 0 Å². The van der Waals surface area contributed by atoms with Gasteiger partial charge in [0.1, 0.15) is 26.4 Å². The van der Waals surface area contributed by atoms with E-state index < -0.39 is 0 Å². The molecule has 2 aromatic rings. The molecule has 12 nitrogen and oxygen atoms in total. The molecule has 12 heteroatoms. The molecule has 0 atom stereocenters. The van der Waals surface area contributed by atoms with Gasteiger partial charge in [-0.2, -0.15) is 0 Å². The second-order valence-electron chi connectivity index (χ2n) is 11.5. The lowest BCUT2D eigenvalue weighted by Gasteiger charge is -2.14. The third-order valence-electron chi connectivity index (χ3n) is 7.77. The van der Waals surface area contributed by atoms with Crippen LogP contribution in [-0.2, 0) is 28.4 Å². The predicted octanol–water partition coefficient (Wildman–Crippen LogP) is 5.12. The Kier molecular flexibility index (Phi) is 18.9. The fourth-order valence-electron chi connectivity index (χ4n) is 5.14. The van der Waals surface area contributed by atoms with Gasteiger partial charge < -0.3 is 47.4 Å². The fraction of sp³-hybridized carbons (Fsp3) is 0.622. The van der Waals surface area contributed by atoms with E-state index in [9.17, 15) is 9.59 Å². The van der Waals surface area contributed by atoms with Crippen molar-refractivity contribution >= 4 is 11.6 Å². The SMILES string of the molecule is O=C(CCCCCCCC(=O)c1ccc2c(c1)OCCOCCOCCOCCO2)c1ccc2c(c1)OCCOCCOCCOCCO2. The minimum atomic E-state index is 0.0616. The zero-order valence-corrected chi connectivity index (χ0v) is 28.6. The fourth-order valence-corrected chi connectivity index (χ4v) is 5.14. The molecule has 0 saturated carbocycles. The Morgan fingerprint density at radius 3 is 1.00 bits per heavy atom. The van der Waals surface area contributed by atoms with E-state index in [-0.39, 0.29) is 11.6 Å². The van der Waals surface area contributed by atoms with E-state index in [0.29, 0.717) is 153 Å². The average Bonchev–Trinajstić information content (AvgIpc) is 3.13. The quantitative estimate of drug-likeness (QED) is 0.243. The number of carbonyl (C=O) groups excluding carboxylic acids is 2. The molecular weight excluding hydrogens is 636 g/mol. The summed E-state index contributed by atoms with van der Waals surface area (Å²) in [6, 6.07) is 10.6. The maximum absolute atomic E-state index is 13.0. The van der Waals surface area contributed by atoms with Crippen molar-refractivity contribution in [3.05, 3.63) is 47.5 Å². The Morgan fingerprint density at radius 2 is 0.653 bits per heavy atom. The molecule has 0 spiro atoms. The summed E-state index contributed by atoms with van der Waals surface area (Å²) in [4.78, 5) is 26.0. The third-order valence-corrected chi connectivity index (χ3v) is 7.77. The van der Waals surface area contributed by atoms with E-state index in [1.807, 2.05) is 0 Å². The average molecular weight is 689 g/mol. The first kappa shape index (κ1) is 38.5. The molecular formula is C37H52O12. The van der Waals surface area contributed by atoms with Crippen molar-refractivity contribution in [2.24, 2.45) is 0 Å². The molecule has 0 aliphatic carbocycles. The van der Waals surface area contributed by atoms with Crippen molar-refractivity contribution in [3.63, 3.8) is 0 Å². The van der Waals surface area contributed by atoms with E-state index in [1.165, 1.54) is 0 Å². The van der Waals surface area contributed by atoms with Crippen LogP contribution < -0.4 is 18.9 Å².